The minimum atomic E-state index is -0.432. The normalized spacial score (nSPS) is 12.8. The molecule has 1 aromatic rings. The number of hydrogen-bond acceptors (Lipinski definition) is 4. The zero-order valence-electron chi connectivity index (χ0n) is 10.3. The highest BCUT2D eigenvalue weighted by Gasteiger charge is 2.18. The molecule has 0 fully saturated rings. The topological polar surface area (TPSA) is 42.7 Å². The van der Waals surface area contributed by atoms with E-state index in [9.17, 15) is 4.79 Å². The van der Waals surface area contributed by atoms with Crippen molar-refractivity contribution >= 4 is 5.97 Å². The van der Waals surface area contributed by atoms with E-state index in [-0.39, 0.29) is 11.8 Å². The molecule has 1 aromatic heterocycles. The first kappa shape index (κ1) is 12.8. The van der Waals surface area contributed by atoms with Crippen LogP contribution in [0.5, 0.6) is 0 Å². The van der Waals surface area contributed by atoms with Gasteiger partial charge < -0.3 is 9.15 Å². The molecule has 0 bridgehead atoms. The van der Waals surface area contributed by atoms with Crippen LogP contribution in [0.4, 0.5) is 0 Å². The maximum Gasteiger partial charge on any atom is 0.373 e. The van der Waals surface area contributed by atoms with Crippen molar-refractivity contribution < 1.29 is 13.9 Å². The maximum absolute atomic E-state index is 11.2. The second-order valence-corrected chi connectivity index (χ2v) is 3.59. The maximum atomic E-state index is 11.2. The standard InChI is InChI=1S/C12H19NO3/c1-5-13(6-2)9(3)10-7-8-11(16-10)12(14)15-4/h7-9H,5-6H2,1-4H3/t9-/m0/s1. The molecule has 0 unspecified atom stereocenters. The van der Waals surface area contributed by atoms with E-state index in [1.165, 1.54) is 7.11 Å². The SMILES string of the molecule is CCN(CC)[C@@H](C)c1ccc(C(=O)OC)o1. The number of methoxy groups -OCH3 is 1. The Kier molecular flexibility index (Phi) is 4.55. The Balaban J connectivity index is 2.80. The van der Waals surface area contributed by atoms with E-state index in [4.69, 9.17) is 4.42 Å². The Morgan fingerprint density at radius 3 is 2.56 bits per heavy atom. The minimum Gasteiger partial charge on any atom is -0.463 e. The summed E-state index contributed by atoms with van der Waals surface area (Å²) in [6.45, 7) is 8.17. The summed E-state index contributed by atoms with van der Waals surface area (Å²) in [5.74, 6) is 0.624. The molecular weight excluding hydrogens is 206 g/mol. The Labute approximate surface area is 96.2 Å². The molecular formula is C12H19NO3. The highest BCUT2D eigenvalue weighted by Crippen LogP contribution is 2.22. The third-order valence-electron chi connectivity index (χ3n) is 2.79. The number of rotatable bonds is 5. The smallest absolute Gasteiger partial charge is 0.373 e. The van der Waals surface area contributed by atoms with E-state index >= 15 is 0 Å². The van der Waals surface area contributed by atoms with Gasteiger partial charge in [-0.2, -0.15) is 0 Å². The fraction of sp³-hybridized carbons (Fsp3) is 0.583. The largest absolute Gasteiger partial charge is 0.463 e. The number of nitrogens with zero attached hydrogens (tertiary/aromatic N) is 1. The summed E-state index contributed by atoms with van der Waals surface area (Å²) in [4.78, 5) is 13.5. The third-order valence-corrected chi connectivity index (χ3v) is 2.79. The predicted molar refractivity (Wildman–Crippen MR) is 61.4 cm³/mol. The van der Waals surface area contributed by atoms with Gasteiger partial charge in [0, 0.05) is 0 Å². The third kappa shape index (κ3) is 2.64. The lowest BCUT2D eigenvalue weighted by atomic mass is 10.2. The van der Waals surface area contributed by atoms with Gasteiger partial charge in [0.2, 0.25) is 5.76 Å². The van der Waals surface area contributed by atoms with Gasteiger partial charge in [-0.3, -0.25) is 4.90 Å². The Morgan fingerprint density at radius 1 is 1.44 bits per heavy atom. The van der Waals surface area contributed by atoms with Crippen LogP contribution >= 0.6 is 0 Å². The van der Waals surface area contributed by atoms with Crippen LogP contribution in [0, 0.1) is 0 Å². The van der Waals surface area contributed by atoms with E-state index in [1.807, 2.05) is 6.07 Å². The zero-order valence-corrected chi connectivity index (χ0v) is 10.3. The van der Waals surface area contributed by atoms with Gasteiger partial charge in [-0.1, -0.05) is 13.8 Å². The van der Waals surface area contributed by atoms with Gasteiger partial charge >= 0.3 is 5.97 Å². The van der Waals surface area contributed by atoms with E-state index in [0.717, 1.165) is 18.8 Å². The van der Waals surface area contributed by atoms with Gasteiger partial charge in [-0.15, -0.1) is 0 Å². The van der Waals surface area contributed by atoms with Crippen molar-refractivity contribution in [3.05, 3.63) is 23.7 Å². The minimum absolute atomic E-state index is 0.174. The zero-order chi connectivity index (χ0) is 12.1. The van der Waals surface area contributed by atoms with E-state index in [0.29, 0.717) is 0 Å². The van der Waals surface area contributed by atoms with Crippen molar-refractivity contribution in [3.63, 3.8) is 0 Å². The fourth-order valence-electron chi connectivity index (χ4n) is 1.74. The van der Waals surface area contributed by atoms with Crippen molar-refractivity contribution in [3.8, 4) is 0 Å². The molecule has 0 spiro atoms. The van der Waals surface area contributed by atoms with Crippen molar-refractivity contribution in [1.82, 2.24) is 4.90 Å². The molecule has 0 N–H and O–H groups in total. The monoisotopic (exact) mass is 225 g/mol. The van der Waals surface area contributed by atoms with Crippen LogP contribution in [0.3, 0.4) is 0 Å². The predicted octanol–water partition coefficient (Wildman–Crippen LogP) is 2.47. The number of carbonyl (C=O) groups is 1. The molecule has 16 heavy (non-hydrogen) atoms. The molecule has 0 aliphatic rings. The van der Waals surface area contributed by atoms with Gasteiger partial charge in [-0.05, 0) is 32.1 Å². The molecule has 1 rings (SSSR count). The Morgan fingerprint density at radius 2 is 2.06 bits per heavy atom. The molecule has 0 radical (unpaired) electrons. The molecule has 4 heteroatoms. The molecule has 0 amide bonds. The second kappa shape index (κ2) is 5.70. The van der Waals surface area contributed by atoms with Crippen LogP contribution in [0.1, 0.15) is 43.1 Å². The number of ether oxygens (including phenoxy) is 1. The van der Waals surface area contributed by atoms with Crippen LogP contribution in [-0.2, 0) is 4.74 Å². The van der Waals surface area contributed by atoms with Crippen molar-refractivity contribution in [1.29, 1.82) is 0 Å². The van der Waals surface area contributed by atoms with Crippen LogP contribution in [0.2, 0.25) is 0 Å². The summed E-state index contributed by atoms with van der Waals surface area (Å²) < 4.78 is 10.1. The van der Waals surface area contributed by atoms with Gasteiger partial charge in [0.05, 0.1) is 13.2 Å². The van der Waals surface area contributed by atoms with E-state index in [2.05, 4.69) is 30.4 Å². The average molecular weight is 225 g/mol. The Hall–Kier alpha value is -1.29. The van der Waals surface area contributed by atoms with Crippen LogP contribution in [0.25, 0.3) is 0 Å². The van der Waals surface area contributed by atoms with Gasteiger partial charge in [0.1, 0.15) is 5.76 Å². The summed E-state index contributed by atoms with van der Waals surface area (Å²) in [6.07, 6.45) is 0. The first-order chi connectivity index (χ1) is 7.63. The van der Waals surface area contributed by atoms with Gasteiger partial charge in [0.15, 0.2) is 0 Å². The van der Waals surface area contributed by atoms with Gasteiger partial charge in [0.25, 0.3) is 0 Å². The summed E-state index contributed by atoms with van der Waals surface area (Å²) in [5, 5.41) is 0. The molecule has 0 aliphatic carbocycles. The first-order valence-electron chi connectivity index (χ1n) is 5.56. The number of carbonyl (C=O) groups excluding carboxylic acids is 1. The van der Waals surface area contributed by atoms with E-state index < -0.39 is 5.97 Å². The van der Waals surface area contributed by atoms with Crippen LogP contribution in [-0.4, -0.2) is 31.1 Å². The quantitative estimate of drug-likeness (QED) is 0.722. The Bertz CT molecular complexity index is 342. The second-order valence-electron chi connectivity index (χ2n) is 3.59. The summed E-state index contributed by atoms with van der Waals surface area (Å²) in [6, 6.07) is 3.66. The number of hydrogen-bond donors (Lipinski definition) is 0. The lowest BCUT2D eigenvalue weighted by Crippen LogP contribution is -2.26. The molecule has 0 saturated heterocycles. The van der Waals surface area contributed by atoms with Crippen LogP contribution in [0.15, 0.2) is 16.5 Å². The van der Waals surface area contributed by atoms with Crippen LogP contribution < -0.4 is 0 Å². The first-order valence-corrected chi connectivity index (χ1v) is 5.56. The van der Waals surface area contributed by atoms with Crippen molar-refractivity contribution in [2.75, 3.05) is 20.2 Å². The molecule has 0 aliphatic heterocycles. The highest BCUT2D eigenvalue weighted by molar-refractivity contribution is 5.86. The van der Waals surface area contributed by atoms with Crippen molar-refractivity contribution in [2.45, 2.75) is 26.8 Å². The highest BCUT2D eigenvalue weighted by atomic mass is 16.5. The summed E-state index contributed by atoms with van der Waals surface area (Å²) in [7, 11) is 1.35. The molecule has 1 atom stereocenters. The molecule has 0 saturated carbocycles. The number of esters is 1. The average Bonchev–Trinajstić information content (AvgIpc) is 2.78. The van der Waals surface area contributed by atoms with E-state index in [1.54, 1.807) is 6.07 Å². The summed E-state index contributed by atoms with van der Waals surface area (Å²) in [5.41, 5.74) is 0. The summed E-state index contributed by atoms with van der Waals surface area (Å²) >= 11 is 0. The fourth-order valence-corrected chi connectivity index (χ4v) is 1.74. The lowest BCUT2D eigenvalue weighted by molar-refractivity contribution is 0.0559. The molecule has 90 valence electrons. The number of furan rings is 1. The lowest BCUT2D eigenvalue weighted by Gasteiger charge is -2.24. The van der Waals surface area contributed by atoms with Gasteiger partial charge in [-0.25, -0.2) is 4.79 Å². The van der Waals surface area contributed by atoms with Crippen molar-refractivity contribution in [2.24, 2.45) is 0 Å². The molecule has 0 aromatic carbocycles. The molecule has 4 nitrogen and oxygen atoms in total. The molecule has 1 heterocycles.